The number of benzene rings is 2. The van der Waals surface area contributed by atoms with Crippen LogP contribution in [0.3, 0.4) is 0 Å². The van der Waals surface area contributed by atoms with E-state index in [0.717, 1.165) is 37.7 Å². The highest BCUT2D eigenvalue weighted by molar-refractivity contribution is 7.89. The molecule has 0 saturated heterocycles. The molecule has 0 aliphatic heterocycles. The molecule has 0 atom stereocenters. The maximum absolute atomic E-state index is 13.4. The van der Waals surface area contributed by atoms with Crippen molar-refractivity contribution in [3.8, 4) is 0 Å². The first-order valence-electron chi connectivity index (χ1n) is 10.5. The summed E-state index contributed by atoms with van der Waals surface area (Å²) in [5.74, 6) is -0.627. The Labute approximate surface area is 183 Å². The number of rotatable bonds is 7. The van der Waals surface area contributed by atoms with Crippen LogP contribution < -0.4 is 10.6 Å². The van der Waals surface area contributed by atoms with Gasteiger partial charge in [-0.25, -0.2) is 8.42 Å². The minimum absolute atomic E-state index is 0.198. The highest BCUT2D eigenvalue weighted by Gasteiger charge is 2.34. The molecule has 8 heteroatoms. The van der Waals surface area contributed by atoms with Crippen molar-refractivity contribution in [2.75, 3.05) is 17.2 Å². The van der Waals surface area contributed by atoms with Gasteiger partial charge < -0.3 is 10.6 Å². The van der Waals surface area contributed by atoms with Gasteiger partial charge in [-0.2, -0.15) is 4.31 Å². The molecule has 2 aromatic rings. The molecule has 2 amide bonds. The number of nitrogens with one attached hydrogen (secondary N) is 2. The van der Waals surface area contributed by atoms with E-state index >= 15 is 0 Å². The van der Waals surface area contributed by atoms with E-state index in [-0.39, 0.29) is 23.4 Å². The zero-order chi connectivity index (χ0) is 22.4. The lowest BCUT2D eigenvalue weighted by atomic mass is 9.95. The van der Waals surface area contributed by atoms with Gasteiger partial charge in [0.05, 0.1) is 11.4 Å². The fraction of sp³-hybridized carbons (Fsp3) is 0.391. The lowest BCUT2D eigenvalue weighted by Gasteiger charge is -2.33. The maximum atomic E-state index is 13.4. The van der Waals surface area contributed by atoms with Gasteiger partial charge in [-0.3, -0.25) is 9.59 Å². The van der Waals surface area contributed by atoms with Crippen LogP contribution in [-0.2, 0) is 19.6 Å². The molecule has 3 rings (SSSR count). The summed E-state index contributed by atoms with van der Waals surface area (Å²) in [7, 11) is -3.81. The third-order valence-electron chi connectivity index (χ3n) is 5.38. The Kier molecular flexibility index (Phi) is 7.46. The number of amides is 2. The van der Waals surface area contributed by atoms with Gasteiger partial charge in [0.2, 0.25) is 21.8 Å². The fourth-order valence-electron chi connectivity index (χ4n) is 3.85. The minimum Gasteiger partial charge on any atom is -0.326 e. The molecule has 0 heterocycles. The van der Waals surface area contributed by atoms with Crippen LogP contribution in [0.2, 0.25) is 0 Å². The van der Waals surface area contributed by atoms with Crippen LogP contribution in [0.4, 0.5) is 11.4 Å². The van der Waals surface area contributed by atoms with Crippen LogP contribution in [0.25, 0.3) is 0 Å². The normalized spacial score (nSPS) is 14.9. The molecule has 1 fully saturated rings. The highest BCUT2D eigenvalue weighted by atomic mass is 32.2. The van der Waals surface area contributed by atoms with Crippen LogP contribution >= 0.6 is 0 Å². The van der Waals surface area contributed by atoms with Crippen LogP contribution in [0.15, 0.2) is 53.4 Å². The molecule has 166 valence electrons. The zero-order valence-electron chi connectivity index (χ0n) is 17.9. The third-order valence-corrected chi connectivity index (χ3v) is 7.29. The van der Waals surface area contributed by atoms with E-state index in [1.54, 1.807) is 48.5 Å². The van der Waals surface area contributed by atoms with Crippen molar-refractivity contribution in [1.29, 1.82) is 0 Å². The Morgan fingerprint density at radius 1 is 0.968 bits per heavy atom. The Bertz CT molecular complexity index is 1030. The van der Waals surface area contributed by atoms with Crippen molar-refractivity contribution < 1.29 is 18.0 Å². The Balaban J connectivity index is 1.81. The number of carbonyl (C=O) groups excluding carboxylic acids is 2. The van der Waals surface area contributed by atoms with E-state index in [1.807, 2.05) is 6.92 Å². The molecule has 0 bridgehead atoms. The van der Waals surface area contributed by atoms with Crippen molar-refractivity contribution in [2.45, 2.75) is 56.9 Å². The second kappa shape index (κ2) is 10.1. The lowest BCUT2D eigenvalue weighted by molar-refractivity contribution is -0.117. The Morgan fingerprint density at radius 2 is 1.58 bits per heavy atom. The molecular weight excluding hydrogens is 414 g/mol. The van der Waals surface area contributed by atoms with Crippen molar-refractivity contribution in [3.63, 3.8) is 0 Å². The Hall–Kier alpha value is -2.71. The van der Waals surface area contributed by atoms with Gasteiger partial charge in [-0.1, -0.05) is 43.0 Å². The molecule has 2 aromatic carbocycles. The first kappa shape index (κ1) is 23.0. The van der Waals surface area contributed by atoms with Crippen molar-refractivity contribution in [2.24, 2.45) is 0 Å². The number of aryl methyl sites for hydroxylation is 1. The summed E-state index contributed by atoms with van der Waals surface area (Å²) < 4.78 is 28.2. The van der Waals surface area contributed by atoms with Crippen LogP contribution in [0, 0.1) is 6.92 Å². The topological polar surface area (TPSA) is 95.6 Å². The number of sulfonamides is 1. The number of hydrogen-bond donors (Lipinski definition) is 2. The van der Waals surface area contributed by atoms with Crippen LogP contribution in [0.5, 0.6) is 0 Å². The summed E-state index contributed by atoms with van der Waals surface area (Å²) in [4.78, 5) is 24.3. The number of hydrogen-bond acceptors (Lipinski definition) is 4. The maximum Gasteiger partial charge on any atom is 0.243 e. The minimum atomic E-state index is -3.81. The molecule has 0 spiro atoms. The largest absolute Gasteiger partial charge is 0.326 e. The predicted octanol–water partition coefficient (Wildman–Crippen LogP) is 3.92. The summed E-state index contributed by atoms with van der Waals surface area (Å²) >= 11 is 0. The second-order valence-corrected chi connectivity index (χ2v) is 9.86. The average Bonchev–Trinajstić information content (AvgIpc) is 2.72. The molecule has 31 heavy (non-hydrogen) atoms. The molecule has 2 N–H and O–H groups in total. The molecule has 7 nitrogen and oxygen atoms in total. The molecule has 0 aromatic heterocycles. The second-order valence-electron chi connectivity index (χ2n) is 7.97. The molecule has 1 aliphatic rings. The number of carbonyl (C=O) groups is 2. The van der Waals surface area contributed by atoms with Gasteiger partial charge in [-0.15, -0.1) is 0 Å². The zero-order valence-corrected chi connectivity index (χ0v) is 18.7. The van der Waals surface area contributed by atoms with E-state index in [1.165, 1.54) is 11.2 Å². The molecule has 0 unspecified atom stereocenters. The van der Waals surface area contributed by atoms with Crippen molar-refractivity contribution in [1.82, 2.24) is 4.31 Å². The number of anilines is 2. The monoisotopic (exact) mass is 443 g/mol. The first-order valence-corrected chi connectivity index (χ1v) is 12.0. The fourth-order valence-corrected chi connectivity index (χ4v) is 5.49. The van der Waals surface area contributed by atoms with E-state index in [0.29, 0.717) is 11.4 Å². The van der Waals surface area contributed by atoms with Gasteiger partial charge >= 0.3 is 0 Å². The van der Waals surface area contributed by atoms with Crippen molar-refractivity contribution in [3.05, 3.63) is 54.1 Å². The van der Waals surface area contributed by atoms with Gasteiger partial charge in [0.15, 0.2) is 0 Å². The lowest BCUT2D eigenvalue weighted by Crippen LogP contribution is -2.45. The smallest absolute Gasteiger partial charge is 0.243 e. The summed E-state index contributed by atoms with van der Waals surface area (Å²) in [5.41, 5.74) is 2.02. The summed E-state index contributed by atoms with van der Waals surface area (Å²) in [6.07, 6.45) is 4.47. The standard InChI is InChI=1S/C23H29N3O4S/c1-17-11-13-22(14-12-17)31(29,30)26(21-9-4-3-5-10-21)16-23(28)25-20-8-6-7-19(15-20)24-18(2)27/h6-8,11-15,21H,3-5,9-10,16H2,1-2H3,(H,24,27)(H,25,28). The summed E-state index contributed by atoms with van der Waals surface area (Å²) in [6, 6.07) is 13.3. The van der Waals surface area contributed by atoms with Gasteiger partial charge in [-0.05, 0) is 50.1 Å². The summed E-state index contributed by atoms with van der Waals surface area (Å²) in [5, 5.41) is 5.43. The first-order chi connectivity index (χ1) is 14.8. The SMILES string of the molecule is CC(=O)Nc1cccc(NC(=O)CN(C2CCCCC2)S(=O)(=O)c2ccc(C)cc2)c1. The Morgan fingerprint density at radius 3 is 2.19 bits per heavy atom. The van der Waals surface area contributed by atoms with E-state index in [2.05, 4.69) is 10.6 Å². The average molecular weight is 444 g/mol. The van der Waals surface area contributed by atoms with E-state index in [9.17, 15) is 18.0 Å². The molecule has 1 saturated carbocycles. The van der Waals surface area contributed by atoms with Crippen molar-refractivity contribution >= 4 is 33.2 Å². The molecule has 0 radical (unpaired) electrons. The quantitative estimate of drug-likeness (QED) is 0.678. The van der Waals surface area contributed by atoms with Gasteiger partial charge in [0, 0.05) is 24.3 Å². The van der Waals surface area contributed by atoms with Crippen LogP contribution in [0.1, 0.15) is 44.6 Å². The summed E-state index contributed by atoms with van der Waals surface area (Å²) in [6.45, 7) is 3.05. The van der Waals surface area contributed by atoms with E-state index in [4.69, 9.17) is 0 Å². The predicted molar refractivity (Wildman–Crippen MR) is 121 cm³/mol. The third kappa shape index (κ3) is 6.15. The van der Waals surface area contributed by atoms with Crippen LogP contribution in [-0.4, -0.2) is 37.1 Å². The van der Waals surface area contributed by atoms with E-state index < -0.39 is 15.9 Å². The van der Waals surface area contributed by atoms with Gasteiger partial charge in [0.25, 0.3) is 0 Å². The molecule has 1 aliphatic carbocycles. The van der Waals surface area contributed by atoms with Gasteiger partial charge in [0.1, 0.15) is 0 Å². The molecular formula is C23H29N3O4S. The number of nitrogens with zero attached hydrogens (tertiary/aromatic N) is 1. The highest BCUT2D eigenvalue weighted by Crippen LogP contribution is 2.28.